The molecule has 0 aliphatic carbocycles. The summed E-state index contributed by atoms with van der Waals surface area (Å²) in [5.74, 6) is -1.49. The fourth-order valence-corrected chi connectivity index (χ4v) is 5.60. The molecule has 2 aliphatic heterocycles. The minimum absolute atomic E-state index is 0.0105. The molecular weight excluding hydrogens is 380 g/mol. The van der Waals surface area contributed by atoms with Crippen molar-refractivity contribution in [3.8, 4) is 0 Å². The van der Waals surface area contributed by atoms with Gasteiger partial charge in [0.1, 0.15) is 10.8 Å². The number of carbonyl (C=O) groups excluding carboxylic acids is 2. The molecule has 2 aliphatic rings. The molecule has 10 heteroatoms. The Labute approximate surface area is 158 Å². The molecule has 0 saturated carbocycles. The average Bonchev–Trinajstić information content (AvgIpc) is 3.12. The Morgan fingerprint density at radius 2 is 2.23 bits per heavy atom. The van der Waals surface area contributed by atoms with Gasteiger partial charge >= 0.3 is 5.97 Å². The highest BCUT2D eigenvalue weighted by atomic mass is 32.2. The van der Waals surface area contributed by atoms with Crippen LogP contribution in [0.25, 0.3) is 0 Å². The highest BCUT2D eigenvalue weighted by molar-refractivity contribution is 8.00. The number of β-lactam (4-membered cyclic amide) rings is 1. The maximum Gasteiger partial charge on any atom is 0.314 e. The summed E-state index contributed by atoms with van der Waals surface area (Å²) in [5.41, 5.74) is -2.61. The van der Waals surface area contributed by atoms with Gasteiger partial charge < -0.3 is 24.8 Å². The molecule has 1 aromatic rings. The fourth-order valence-electron chi connectivity index (χ4n) is 3.28. The fraction of sp³-hybridized carbons (Fsp3) is 0.562. The Hall–Kier alpha value is -1.62. The van der Waals surface area contributed by atoms with Crippen molar-refractivity contribution < 1.29 is 29.0 Å². The number of rotatable bonds is 7. The van der Waals surface area contributed by atoms with Gasteiger partial charge in [0.25, 0.3) is 11.6 Å². The molecule has 2 N–H and O–H groups in total. The Morgan fingerprint density at radius 1 is 1.46 bits per heavy atom. The number of hydrogen-bond acceptors (Lipinski definition) is 7. The molecule has 2 unspecified atom stereocenters. The number of methoxy groups -OCH3 is 2. The van der Waals surface area contributed by atoms with E-state index in [1.807, 2.05) is 17.5 Å². The summed E-state index contributed by atoms with van der Waals surface area (Å²) in [5, 5.41) is 13.7. The number of thiophene rings is 1. The van der Waals surface area contributed by atoms with Crippen molar-refractivity contribution in [2.45, 2.75) is 17.5 Å². The third kappa shape index (κ3) is 3.00. The zero-order valence-corrected chi connectivity index (χ0v) is 16.0. The van der Waals surface area contributed by atoms with Crippen molar-refractivity contribution in [3.05, 3.63) is 22.4 Å². The normalized spacial score (nSPS) is 30.5. The van der Waals surface area contributed by atoms with Crippen LogP contribution in [-0.2, 0) is 30.3 Å². The van der Waals surface area contributed by atoms with Gasteiger partial charge in [0.05, 0.1) is 13.0 Å². The van der Waals surface area contributed by atoms with E-state index in [-0.39, 0.29) is 31.2 Å². The lowest BCUT2D eigenvalue weighted by atomic mass is 9.87. The second-order valence-corrected chi connectivity index (χ2v) is 8.46. The van der Waals surface area contributed by atoms with Gasteiger partial charge in [-0.1, -0.05) is 6.07 Å². The number of aliphatic carboxylic acids is 1. The summed E-state index contributed by atoms with van der Waals surface area (Å²) >= 11 is 2.74. The van der Waals surface area contributed by atoms with Crippen LogP contribution in [0.1, 0.15) is 4.88 Å². The Morgan fingerprint density at radius 3 is 2.81 bits per heavy atom. The summed E-state index contributed by atoms with van der Waals surface area (Å²) in [7, 11) is 2.80. The van der Waals surface area contributed by atoms with E-state index in [2.05, 4.69) is 5.32 Å². The van der Waals surface area contributed by atoms with Crippen LogP contribution in [0, 0.1) is 5.41 Å². The average molecular weight is 400 g/mol. The number of thioether (sulfide) groups is 1. The van der Waals surface area contributed by atoms with Gasteiger partial charge in [0, 0.05) is 31.4 Å². The number of ether oxygens (including phenoxy) is 2. The Bertz CT molecular complexity index is 712. The predicted molar refractivity (Wildman–Crippen MR) is 95.8 cm³/mol. The van der Waals surface area contributed by atoms with Crippen LogP contribution in [0.2, 0.25) is 0 Å². The number of amides is 2. The summed E-state index contributed by atoms with van der Waals surface area (Å²) in [6.45, 7) is 0.0368. The molecule has 2 saturated heterocycles. The lowest BCUT2D eigenvalue weighted by Crippen LogP contribution is -2.82. The molecule has 26 heavy (non-hydrogen) atoms. The molecule has 142 valence electrons. The van der Waals surface area contributed by atoms with E-state index >= 15 is 0 Å². The molecule has 0 aromatic carbocycles. The summed E-state index contributed by atoms with van der Waals surface area (Å²) in [4.78, 5) is 39.1. The van der Waals surface area contributed by atoms with E-state index in [1.165, 1.54) is 42.2 Å². The lowest BCUT2D eigenvalue weighted by molar-refractivity contribution is -0.201. The minimum Gasteiger partial charge on any atom is -0.481 e. The summed E-state index contributed by atoms with van der Waals surface area (Å²) < 4.78 is 10.5. The summed E-state index contributed by atoms with van der Waals surface area (Å²) in [6.07, 6.45) is 0.163. The zero-order valence-electron chi connectivity index (χ0n) is 14.4. The van der Waals surface area contributed by atoms with Crippen LogP contribution in [0.5, 0.6) is 0 Å². The highest BCUT2D eigenvalue weighted by Gasteiger charge is 2.67. The monoisotopic (exact) mass is 400 g/mol. The maximum absolute atomic E-state index is 12.7. The van der Waals surface area contributed by atoms with Gasteiger partial charge in [0.2, 0.25) is 5.91 Å². The smallest absolute Gasteiger partial charge is 0.314 e. The molecule has 3 heterocycles. The van der Waals surface area contributed by atoms with Crippen molar-refractivity contribution in [3.63, 3.8) is 0 Å². The Balaban J connectivity index is 1.73. The van der Waals surface area contributed by atoms with E-state index in [0.717, 1.165) is 4.88 Å². The first kappa shape index (κ1) is 19.2. The van der Waals surface area contributed by atoms with E-state index in [4.69, 9.17) is 9.47 Å². The molecule has 3 atom stereocenters. The van der Waals surface area contributed by atoms with Crippen molar-refractivity contribution in [1.29, 1.82) is 0 Å². The van der Waals surface area contributed by atoms with Gasteiger partial charge in [-0.05, 0) is 11.4 Å². The highest BCUT2D eigenvalue weighted by Crippen LogP contribution is 2.47. The SMILES string of the molecule is COCC1(C(=O)O)CS[C@H]2N(C1)C(=O)C2(NC(=O)Cc1cccs1)OC. The van der Waals surface area contributed by atoms with Crippen molar-refractivity contribution in [1.82, 2.24) is 10.2 Å². The first-order valence-electron chi connectivity index (χ1n) is 7.92. The molecule has 0 radical (unpaired) electrons. The number of carboxylic acids is 1. The van der Waals surface area contributed by atoms with Crippen LogP contribution in [0.15, 0.2) is 17.5 Å². The largest absolute Gasteiger partial charge is 0.481 e. The third-order valence-electron chi connectivity index (χ3n) is 4.64. The van der Waals surface area contributed by atoms with E-state index < -0.39 is 28.4 Å². The number of carboxylic acid groups (broad SMARTS) is 1. The van der Waals surface area contributed by atoms with Crippen LogP contribution in [0.3, 0.4) is 0 Å². The first-order valence-corrected chi connectivity index (χ1v) is 9.85. The van der Waals surface area contributed by atoms with Crippen LogP contribution >= 0.6 is 23.1 Å². The van der Waals surface area contributed by atoms with Crippen molar-refractivity contribution in [2.24, 2.45) is 5.41 Å². The molecule has 3 rings (SSSR count). The second-order valence-electron chi connectivity index (χ2n) is 6.36. The van der Waals surface area contributed by atoms with Gasteiger partial charge in [0.15, 0.2) is 0 Å². The standard InChI is InChI=1S/C16H20N2O6S2/c1-23-8-15(14(21)22)7-18-12(20)16(24-2,13(18)26-9-15)17-11(19)6-10-4-3-5-25-10/h3-5,13H,6-9H2,1-2H3,(H,17,19)(H,21,22)/t13-,15?,16?/m1/s1. The maximum atomic E-state index is 12.7. The summed E-state index contributed by atoms with van der Waals surface area (Å²) in [6, 6.07) is 3.70. The van der Waals surface area contributed by atoms with Gasteiger partial charge in [-0.2, -0.15) is 0 Å². The predicted octanol–water partition coefficient (Wildman–Crippen LogP) is 0.382. The zero-order chi connectivity index (χ0) is 18.9. The molecule has 8 nitrogen and oxygen atoms in total. The molecule has 2 fully saturated rings. The van der Waals surface area contributed by atoms with Crippen LogP contribution < -0.4 is 5.32 Å². The molecule has 1 aromatic heterocycles. The molecular formula is C16H20N2O6S2. The molecule has 2 amide bonds. The van der Waals surface area contributed by atoms with E-state index in [0.29, 0.717) is 0 Å². The van der Waals surface area contributed by atoms with E-state index in [1.54, 1.807) is 0 Å². The van der Waals surface area contributed by atoms with Crippen molar-refractivity contribution in [2.75, 3.05) is 33.1 Å². The molecule has 0 bridgehead atoms. The number of carbonyl (C=O) groups is 3. The van der Waals surface area contributed by atoms with Gasteiger partial charge in [-0.3, -0.25) is 14.4 Å². The third-order valence-corrected chi connectivity index (χ3v) is 7.13. The van der Waals surface area contributed by atoms with Gasteiger partial charge in [-0.25, -0.2) is 0 Å². The number of fused-ring (bicyclic) bond motifs is 1. The van der Waals surface area contributed by atoms with E-state index in [9.17, 15) is 19.5 Å². The topological polar surface area (TPSA) is 105 Å². The Kier molecular flexibility index (Phi) is 5.29. The van der Waals surface area contributed by atoms with Crippen molar-refractivity contribution >= 4 is 40.9 Å². The van der Waals surface area contributed by atoms with Gasteiger partial charge in [-0.15, -0.1) is 23.1 Å². The number of hydrogen-bond donors (Lipinski definition) is 2. The molecule has 0 spiro atoms. The first-order chi connectivity index (χ1) is 12.4. The lowest BCUT2D eigenvalue weighted by Gasteiger charge is -2.58. The van der Waals surface area contributed by atoms with Crippen LogP contribution in [0.4, 0.5) is 0 Å². The number of nitrogens with zero attached hydrogens (tertiary/aromatic N) is 1. The van der Waals surface area contributed by atoms with Crippen LogP contribution in [-0.4, -0.2) is 72.0 Å². The quantitative estimate of drug-likeness (QED) is 0.504. The second kappa shape index (κ2) is 7.18. The number of nitrogens with one attached hydrogen (secondary N) is 1. The minimum atomic E-state index is -1.45.